The molecule has 0 saturated heterocycles. The summed E-state index contributed by atoms with van der Waals surface area (Å²) in [6.45, 7) is 5.24. The summed E-state index contributed by atoms with van der Waals surface area (Å²) in [5.41, 5.74) is 2.52. The summed E-state index contributed by atoms with van der Waals surface area (Å²) in [7, 11) is 0. The fourth-order valence-corrected chi connectivity index (χ4v) is 4.11. The Morgan fingerprint density at radius 1 is 0.727 bits per heavy atom. The number of aliphatic hydroxyl groups is 1. The smallest absolute Gasteiger partial charge is 0.191 e. The third-order valence-electron chi connectivity index (χ3n) is 5.91. The Kier molecular flexibility index (Phi) is 6.12. The Hall–Kier alpha value is -3.76. The largest absolute Gasteiger partial charge is 0.371 e. The Balaban J connectivity index is 1.94. The van der Waals surface area contributed by atoms with Crippen LogP contribution in [-0.4, -0.2) is 27.3 Å². The lowest BCUT2D eigenvalue weighted by Gasteiger charge is -2.37. The maximum Gasteiger partial charge on any atom is 0.191 e. The van der Waals surface area contributed by atoms with E-state index in [0.717, 1.165) is 11.1 Å². The van der Waals surface area contributed by atoms with Gasteiger partial charge in [0.1, 0.15) is 5.72 Å². The van der Waals surface area contributed by atoms with E-state index in [2.05, 4.69) is 0 Å². The van der Waals surface area contributed by atoms with Gasteiger partial charge in [-0.25, -0.2) is 0 Å². The van der Waals surface area contributed by atoms with Gasteiger partial charge in [0.2, 0.25) is 0 Å². The van der Waals surface area contributed by atoms with Gasteiger partial charge in [-0.05, 0) is 31.9 Å². The van der Waals surface area contributed by atoms with E-state index in [4.69, 9.17) is 0 Å². The molecule has 4 nitrogen and oxygen atoms in total. The topological polar surface area (TPSA) is 57.6 Å². The zero-order valence-corrected chi connectivity index (χ0v) is 19.0. The van der Waals surface area contributed by atoms with Crippen LogP contribution in [0.3, 0.4) is 0 Å². The molecule has 3 aromatic rings. The van der Waals surface area contributed by atoms with Gasteiger partial charge in [0.25, 0.3) is 0 Å². The van der Waals surface area contributed by atoms with Crippen molar-refractivity contribution in [1.82, 2.24) is 4.90 Å². The highest BCUT2D eigenvalue weighted by atomic mass is 16.3. The zero-order chi connectivity index (χ0) is 23.6. The fourth-order valence-electron chi connectivity index (χ4n) is 4.11. The van der Waals surface area contributed by atoms with Crippen molar-refractivity contribution in [3.63, 3.8) is 0 Å². The first-order chi connectivity index (χ1) is 15.8. The van der Waals surface area contributed by atoms with E-state index in [-0.39, 0.29) is 11.6 Å². The molecule has 0 amide bonds. The van der Waals surface area contributed by atoms with E-state index >= 15 is 0 Å². The fraction of sp³-hybridized carbons (Fsp3) is 0.172. The van der Waals surface area contributed by atoms with E-state index in [1.165, 1.54) is 0 Å². The van der Waals surface area contributed by atoms with Crippen LogP contribution in [0.2, 0.25) is 0 Å². The molecule has 0 aliphatic carbocycles. The van der Waals surface area contributed by atoms with E-state index in [0.29, 0.717) is 22.3 Å². The van der Waals surface area contributed by atoms with Crippen molar-refractivity contribution in [1.29, 1.82) is 0 Å². The van der Waals surface area contributed by atoms with Gasteiger partial charge in [0.15, 0.2) is 11.6 Å². The second-order valence-corrected chi connectivity index (χ2v) is 8.75. The number of carbonyl (C=O) groups is 2. The first-order valence-electron chi connectivity index (χ1n) is 11.0. The number of benzene rings is 3. The number of Topliss-reactive ketones (excluding diaryl/α,β-unsaturated/α-hetero) is 2. The number of carbonyl (C=O) groups excluding carboxylic acids is 2. The lowest BCUT2D eigenvalue weighted by molar-refractivity contribution is -0.0252. The Morgan fingerprint density at radius 2 is 1.15 bits per heavy atom. The molecular formula is C29H27NO3. The van der Waals surface area contributed by atoms with Crippen LogP contribution in [0, 0.1) is 6.92 Å². The van der Waals surface area contributed by atoms with Gasteiger partial charge in [-0.15, -0.1) is 0 Å². The predicted molar refractivity (Wildman–Crippen MR) is 130 cm³/mol. The van der Waals surface area contributed by atoms with E-state index in [1.54, 1.807) is 55.4 Å². The van der Waals surface area contributed by atoms with Crippen LogP contribution in [-0.2, 0) is 0 Å². The van der Waals surface area contributed by atoms with Crippen LogP contribution in [0.25, 0.3) is 0 Å². The number of ketones is 2. The van der Waals surface area contributed by atoms with Crippen LogP contribution in [0.5, 0.6) is 0 Å². The van der Waals surface area contributed by atoms with Crippen molar-refractivity contribution in [2.24, 2.45) is 0 Å². The lowest BCUT2D eigenvalue weighted by Crippen LogP contribution is -2.40. The highest BCUT2D eigenvalue weighted by molar-refractivity contribution is 6.15. The van der Waals surface area contributed by atoms with Crippen molar-refractivity contribution in [3.05, 3.63) is 131 Å². The van der Waals surface area contributed by atoms with Gasteiger partial charge in [-0.2, -0.15) is 0 Å². The molecule has 0 fully saturated rings. The average molecular weight is 438 g/mol. The standard InChI is InChI=1S/C29H27NO3/c1-20-12-10-11-17-23(20)26-24(27(31)21-13-6-4-7-14-21)18-30(29(2,3)33)19-25(26)28(32)22-15-8-5-9-16-22/h4-19,26,33H,1-3H3. The molecule has 4 rings (SSSR count). The minimum Gasteiger partial charge on any atom is -0.371 e. The van der Waals surface area contributed by atoms with Gasteiger partial charge in [-0.3, -0.25) is 9.59 Å². The van der Waals surface area contributed by atoms with Crippen LogP contribution < -0.4 is 0 Å². The van der Waals surface area contributed by atoms with Gasteiger partial charge in [0, 0.05) is 40.6 Å². The monoisotopic (exact) mass is 437 g/mol. The summed E-state index contributed by atoms with van der Waals surface area (Å²) in [4.78, 5) is 29.1. The molecule has 33 heavy (non-hydrogen) atoms. The molecule has 0 spiro atoms. The number of aryl methyl sites for hydroxylation is 1. The zero-order valence-electron chi connectivity index (χ0n) is 19.0. The second-order valence-electron chi connectivity index (χ2n) is 8.75. The minimum absolute atomic E-state index is 0.176. The van der Waals surface area contributed by atoms with E-state index in [9.17, 15) is 14.7 Å². The van der Waals surface area contributed by atoms with Crippen molar-refractivity contribution in [3.8, 4) is 0 Å². The summed E-state index contributed by atoms with van der Waals surface area (Å²) in [6, 6.07) is 25.9. The number of nitrogens with zero attached hydrogens (tertiary/aromatic N) is 1. The van der Waals surface area contributed by atoms with Crippen LogP contribution in [0.15, 0.2) is 108 Å². The first kappa shape index (κ1) is 22.4. The maximum atomic E-state index is 13.8. The maximum absolute atomic E-state index is 13.8. The molecule has 0 saturated carbocycles. The van der Waals surface area contributed by atoms with E-state index < -0.39 is 11.6 Å². The number of hydrogen-bond donors (Lipinski definition) is 1. The minimum atomic E-state index is -1.30. The third-order valence-corrected chi connectivity index (χ3v) is 5.91. The average Bonchev–Trinajstić information content (AvgIpc) is 2.83. The lowest BCUT2D eigenvalue weighted by atomic mass is 9.76. The molecule has 1 aliphatic rings. The molecule has 1 aliphatic heterocycles. The van der Waals surface area contributed by atoms with Crippen molar-refractivity contribution in [2.75, 3.05) is 0 Å². The summed E-state index contributed by atoms with van der Waals surface area (Å²) in [5.74, 6) is -0.917. The Morgan fingerprint density at radius 3 is 1.58 bits per heavy atom. The molecule has 0 bridgehead atoms. The first-order valence-corrected chi connectivity index (χ1v) is 11.0. The third kappa shape index (κ3) is 4.57. The van der Waals surface area contributed by atoms with Gasteiger partial charge in [-0.1, -0.05) is 84.9 Å². The number of hydrogen-bond acceptors (Lipinski definition) is 4. The number of rotatable bonds is 6. The molecule has 3 aromatic carbocycles. The summed E-state index contributed by atoms with van der Waals surface area (Å²) < 4.78 is 0. The summed E-state index contributed by atoms with van der Waals surface area (Å²) >= 11 is 0. The normalized spacial score (nSPS) is 14.5. The summed E-state index contributed by atoms with van der Waals surface area (Å²) in [5, 5.41) is 10.8. The van der Waals surface area contributed by atoms with Gasteiger partial charge >= 0.3 is 0 Å². The highest BCUT2D eigenvalue weighted by Gasteiger charge is 2.37. The molecule has 0 aromatic heterocycles. The van der Waals surface area contributed by atoms with Crippen LogP contribution in [0.4, 0.5) is 0 Å². The van der Waals surface area contributed by atoms with Crippen LogP contribution in [0.1, 0.15) is 51.6 Å². The molecule has 1 N–H and O–H groups in total. The van der Waals surface area contributed by atoms with Crippen LogP contribution >= 0.6 is 0 Å². The molecule has 166 valence electrons. The second kappa shape index (κ2) is 9.00. The van der Waals surface area contributed by atoms with Gasteiger partial charge in [0.05, 0.1) is 0 Å². The SMILES string of the molecule is Cc1ccccc1C1C(C(=O)c2ccccc2)=CN(C(C)(C)O)C=C1C(=O)c1ccccc1. The van der Waals surface area contributed by atoms with Crippen molar-refractivity contribution in [2.45, 2.75) is 32.4 Å². The molecule has 4 heteroatoms. The van der Waals surface area contributed by atoms with Gasteiger partial charge < -0.3 is 10.0 Å². The molecular weight excluding hydrogens is 410 g/mol. The predicted octanol–water partition coefficient (Wildman–Crippen LogP) is 5.66. The highest BCUT2D eigenvalue weighted by Crippen LogP contribution is 2.41. The molecule has 0 unspecified atom stereocenters. The molecule has 1 heterocycles. The van der Waals surface area contributed by atoms with E-state index in [1.807, 2.05) is 67.6 Å². The number of allylic oxidation sites excluding steroid dienone is 2. The Labute approximate surface area is 194 Å². The molecule has 0 atom stereocenters. The Bertz CT molecular complexity index is 1170. The summed E-state index contributed by atoms with van der Waals surface area (Å²) in [6.07, 6.45) is 3.35. The quantitative estimate of drug-likeness (QED) is 0.506. The van der Waals surface area contributed by atoms with Crippen molar-refractivity contribution < 1.29 is 14.7 Å². The molecule has 0 radical (unpaired) electrons. The van der Waals surface area contributed by atoms with Crippen molar-refractivity contribution >= 4 is 11.6 Å².